The lowest BCUT2D eigenvalue weighted by molar-refractivity contribution is 0.591. The van der Waals surface area contributed by atoms with Crippen LogP contribution >= 0.6 is 0 Å². The lowest BCUT2D eigenvalue weighted by Crippen LogP contribution is -2.33. The molecule has 0 atom stereocenters. The van der Waals surface area contributed by atoms with Crippen LogP contribution in [0.2, 0.25) is 0 Å². The van der Waals surface area contributed by atoms with Gasteiger partial charge in [-0.1, -0.05) is 19.1 Å². The predicted molar refractivity (Wildman–Crippen MR) is 100 cm³/mol. The van der Waals surface area contributed by atoms with Crippen LogP contribution < -0.4 is 4.31 Å². The lowest BCUT2D eigenvalue weighted by atomic mass is 10.1. The zero-order chi connectivity index (χ0) is 18.7. The van der Waals surface area contributed by atoms with Crippen LogP contribution in [-0.2, 0) is 10.0 Å². The fourth-order valence-electron chi connectivity index (χ4n) is 2.80. The average Bonchev–Trinajstić information content (AvgIpc) is 3.09. The van der Waals surface area contributed by atoms with Crippen LogP contribution in [0.4, 0.5) is 5.69 Å². The molecule has 0 bridgehead atoms. The highest BCUT2D eigenvalue weighted by molar-refractivity contribution is 7.92. The first-order valence-corrected chi connectivity index (χ1v) is 9.96. The van der Waals surface area contributed by atoms with Gasteiger partial charge in [0.05, 0.1) is 23.3 Å². The largest absolute Gasteiger partial charge is 0.270 e. The second-order valence-electron chi connectivity index (χ2n) is 5.76. The number of sulfonamides is 1. The zero-order valence-electron chi connectivity index (χ0n) is 14.6. The van der Waals surface area contributed by atoms with E-state index in [0.717, 1.165) is 11.3 Å². The molecule has 0 aliphatic heterocycles. The van der Waals surface area contributed by atoms with Gasteiger partial charge in [-0.15, -0.1) is 0 Å². The van der Waals surface area contributed by atoms with Gasteiger partial charge in [0.25, 0.3) is 0 Å². The van der Waals surface area contributed by atoms with Crippen molar-refractivity contribution in [1.82, 2.24) is 14.6 Å². The van der Waals surface area contributed by atoms with E-state index in [1.54, 1.807) is 29.8 Å². The fourth-order valence-corrected chi connectivity index (χ4v) is 4.00. The minimum absolute atomic E-state index is 0.0431. The monoisotopic (exact) mass is 369 g/mol. The molecule has 7 nitrogen and oxygen atoms in total. The number of nitriles is 1. The van der Waals surface area contributed by atoms with Crippen molar-refractivity contribution in [2.45, 2.75) is 20.3 Å². The van der Waals surface area contributed by atoms with Crippen LogP contribution in [0.1, 0.15) is 25.8 Å². The van der Waals surface area contributed by atoms with E-state index >= 15 is 0 Å². The summed E-state index contributed by atoms with van der Waals surface area (Å²) in [5.41, 5.74) is 3.02. The van der Waals surface area contributed by atoms with Gasteiger partial charge in [0.1, 0.15) is 11.6 Å². The molecule has 0 amide bonds. The van der Waals surface area contributed by atoms with Gasteiger partial charge < -0.3 is 0 Å². The minimum Gasteiger partial charge on any atom is -0.270 e. The van der Waals surface area contributed by atoms with Crippen molar-refractivity contribution < 1.29 is 8.42 Å². The van der Waals surface area contributed by atoms with Gasteiger partial charge in [-0.05, 0) is 31.5 Å². The van der Waals surface area contributed by atoms with Gasteiger partial charge in [-0.25, -0.2) is 17.9 Å². The molecule has 0 aliphatic rings. The average molecular weight is 369 g/mol. The normalized spacial score (nSPS) is 11.4. The van der Waals surface area contributed by atoms with Gasteiger partial charge in [0, 0.05) is 18.3 Å². The molecule has 0 spiro atoms. The first kappa shape index (κ1) is 17.9. The summed E-state index contributed by atoms with van der Waals surface area (Å²) in [6.45, 7) is 4.01. The molecule has 3 rings (SSSR count). The number of benzene rings is 1. The summed E-state index contributed by atoms with van der Waals surface area (Å²) in [5, 5.41) is 13.4. The molecule has 0 fully saturated rings. The second kappa shape index (κ2) is 7.14. The Bertz CT molecular complexity index is 1080. The molecule has 26 heavy (non-hydrogen) atoms. The first-order valence-electron chi connectivity index (χ1n) is 8.35. The topological polar surface area (TPSA) is 91.4 Å². The maximum Gasteiger partial charge on any atom is 0.234 e. The lowest BCUT2D eigenvalue weighted by Gasteiger charge is -2.23. The molecule has 0 unspecified atom stereocenters. The van der Waals surface area contributed by atoms with Crippen molar-refractivity contribution in [3.8, 4) is 17.3 Å². The minimum atomic E-state index is -3.36. The number of nitrogens with zero attached hydrogens (tertiary/aromatic N) is 5. The van der Waals surface area contributed by atoms with Gasteiger partial charge in [0.2, 0.25) is 10.0 Å². The van der Waals surface area contributed by atoms with E-state index in [1.807, 2.05) is 25.1 Å². The summed E-state index contributed by atoms with van der Waals surface area (Å²) >= 11 is 0. The number of rotatable bonds is 6. The van der Waals surface area contributed by atoms with Crippen LogP contribution in [-0.4, -0.2) is 35.3 Å². The summed E-state index contributed by atoms with van der Waals surface area (Å²) in [4.78, 5) is 4.21. The van der Waals surface area contributed by atoms with Gasteiger partial charge in [0.15, 0.2) is 5.65 Å². The highest BCUT2D eigenvalue weighted by atomic mass is 32.2. The van der Waals surface area contributed by atoms with Crippen LogP contribution in [0.25, 0.3) is 16.9 Å². The molecule has 0 N–H and O–H groups in total. The number of anilines is 1. The number of aromatic nitrogens is 3. The van der Waals surface area contributed by atoms with E-state index < -0.39 is 10.0 Å². The first-order chi connectivity index (χ1) is 12.5. The van der Waals surface area contributed by atoms with Crippen LogP contribution in [0, 0.1) is 11.3 Å². The molecule has 1 aromatic carbocycles. The van der Waals surface area contributed by atoms with Crippen molar-refractivity contribution in [3.05, 3.63) is 48.3 Å². The molecule has 0 aliphatic carbocycles. The highest BCUT2D eigenvalue weighted by Crippen LogP contribution is 2.27. The predicted octanol–water partition coefficient (Wildman–Crippen LogP) is 2.83. The Balaban J connectivity index is 2.14. The van der Waals surface area contributed by atoms with E-state index in [2.05, 4.69) is 16.2 Å². The Kier molecular flexibility index (Phi) is 4.91. The van der Waals surface area contributed by atoms with E-state index in [9.17, 15) is 8.42 Å². The molecule has 3 aromatic rings. The SMILES string of the molecule is CCCN(c1cccc(-c2ccnc3c(C#N)cnn23)c1)S(=O)(=O)CC. The summed E-state index contributed by atoms with van der Waals surface area (Å²) in [7, 11) is -3.36. The maximum atomic E-state index is 12.5. The van der Waals surface area contributed by atoms with Crippen molar-refractivity contribution in [2.24, 2.45) is 0 Å². The van der Waals surface area contributed by atoms with E-state index in [-0.39, 0.29) is 5.75 Å². The van der Waals surface area contributed by atoms with E-state index in [1.165, 1.54) is 10.5 Å². The quantitative estimate of drug-likeness (QED) is 0.666. The third-order valence-corrected chi connectivity index (χ3v) is 5.87. The van der Waals surface area contributed by atoms with Gasteiger partial charge in [-0.3, -0.25) is 4.31 Å². The molecule has 2 heterocycles. The summed E-state index contributed by atoms with van der Waals surface area (Å²) in [6, 6.07) is 11.2. The van der Waals surface area contributed by atoms with Crippen LogP contribution in [0.15, 0.2) is 42.7 Å². The Morgan fingerprint density at radius 2 is 2.08 bits per heavy atom. The highest BCUT2D eigenvalue weighted by Gasteiger charge is 2.20. The van der Waals surface area contributed by atoms with Crippen molar-refractivity contribution in [1.29, 1.82) is 5.26 Å². The molecule has 8 heteroatoms. The van der Waals surface area contributed by atoms with Gasteiger partial charge >= 0.3 is 0 Å². The second-order valence-corrected chi connectivity index (χ2v) is 7.94. The van der Waals surface area contributed by atoms with Crippen molar-refractivity contribution >= 4 is 21.4 Å². The van der Waals surface area contributed by atoms with Crippen molar-refractivity contribution in [3.63, 3.8) is 0 Å². The number of hydrogen-bond donors (Lipinski definition) is 0. The molecular formula is C18H19N5O2S. The Morgan fingerprint density at radius 1 is 1.27 bits per heavy atom. The molecular weight excluding hydrogens is 350 g/mol. The molecule has 134 valence electrons. The maximum absolute atomic E-state index is 12.5. The number of hydrogen-bond acceptors (Lipinski definition) is 5. The third kappa shape index (κ3) is 3.13. The van der Waals surface area contributed by atoms with Crippen molar-refractivity contribution in [2.75, 3.05) is 16.6 Å². The molecule has 0 saturated carbocycles. The summed E-state index contributed by atoms with van der Waals surface area (Å²) in [5.74, 6) is 0.0431. The Labute approximate surface area is 152 Å². The summed E-state index contributed by atoms with van der Waals surface area (Å²) in [6.07, 6.45) is 3.81. The zero-order valence-corrected chi connectivity index (χ0v) is 15.4. The van der Waals surface area contributed by atoms with Gasteiger partial charge in [-0.2, -0.15) is 10.4 Å². The smallest absolute Gasteiger partial charge is 0.234 e. The Morgan fingerprint density at radius 3 is 2.77 bits per heavy atom. The van der Waals surface area contributed by atoms with Crippen LogP contribution in [0.3, 0.4) is 0 Å². The number of fused-ring (bicyclic) bond motifs is 1. The summed E-state index contributed by atoms with van der Waals surface area (Å²) < 4.78 is 27.9. The standard InChI is InChI=1S/C18H19N5O2S/c1-3-10-22(26(24,25)4-2)16-7-5-6-14(11-16)17-8-9-20-18-15(12-19)13-21-23(17)18/h5-9,11,13H,3-4,10H2,1-2H3. The van der Waals surface area contributed by atoms with E-state index in [4.69, 9.17) is 5.26 Å². The van der Waals surface area contributed by atoms with Crippen LogP contribution in [0.5, 0.6) is 0 Å². The third-order valence-electron chi connectivity index (χ3n) is 4.08. The molecule has 0 saturated heterocycles. The Hall–Kier alpha value is -2.92. The van der Waals surface area contributed by atoms with E-state index in [0.29, 0.717) is 29.9 Å². The fraction of sp³-hybridized carbons (Fsp3) is 0.278. The molecule has 0 radical (unpaired) electrons. The molecule has 2 aromatic heterocycles.